The first-order valence-electron chi connectivity index (χ1n) is 13.1. The van der Waals surface area contributed by atoms with Crippen molar-refractivity contribution in [2.75, 3.05) is 13.2 Å². The normalized spacial score (nSPS) is 28.7. The molecule has 3 unspecified atom stereocenters. The lowest BCUT2D eigenvalue weighted by Crippen LogP contribution is -2.31. The van der Waals surface area contributed by atoms with Crippen molar-refractivity contribution in [1.82, 2.24) is 0 Å². The van der Waals surface area contributed by atoms with Crippen LogP contribution in [0.4, 0.5) is 0 Å². The van der Waals surface area contributed by atoms with Crippen LogP contribution < -0.4 is 0 Å². The van der Waals surface area contributed by atoms with Gasteiger partial charge in [0.25, 0.3) is 0 Å². The maximum absolute atomic E-state index is 11.8. The van der Waals surface area contributed by atoms with Gasteiger partial charge < -0.3 is 19.3 Å². The van der Waals surface area contributed by atoms with Gasteiger partial charge in [0.2, 0.25) is 0 Å². The van der Waals surface area contributed by atoms with Crippen molar-refractivity contribution in [2.45, 2.75) is 103 Å². The van der Waals surface area contributed by atoms with Gasteiger partial charge in [0.15, 0.2) is 6.29 Å². The molecule has 1 N–H and O–H groups in total. The van der Waals surface area contributed by atoms with Crippen molar-refractivity contribution in [3.63, 3.8) is 0 Å². The first kappa shape index (κ1) is 26.7. The van der Waals surface area contributed by atoms with Crippen LogP contribution in [0.15, 0.2) is 17.5 Å². The zero-order valence-electron chi connectivity index (χ0n) is 20.7. The fraction of sp³-hybridized carbons (Fsp3) is 0.815. The molecule has 3 rings (SSSR count). The molecular weight excluding hydrogens is 436 g/mol. The molecular formula is C27H44O5S. The highest BCUT2D eigenvalue weighted by Gasteiger charge is 2.31. The molecule has 0 saturated heterocycles. The highest BCUT2D eigenvalue weighted by atomic mass is 32.1. The number of carbonyl (C=O) groups excluding carboxylic acids is 1. The topological polar surface area (TPSA) is 65.0 Å². The van der Waals surface area contributed by atoms with Gasteiger partial charge in [0, 0.05) is 0 Å². The molecule has 1 aromatic rings. The van der Waals surface area contributed by atoms with Crippen LogP contribution in [-0.4, -0.2) is 42.8 Å². The van der Waals surface area contributed by atoms with E-state index in [9.17, 15) is 9.90 Å². The van der Waals surface area contributed by atoms with Crippen molar-refractivity contribution in [3.05, 3.63) is 22.4 Å². The summed E-state index contributed by atoms with van der Waals surface area (Å²) in [4.78, 5) is 12.5. The molecule has 0 radical (unpaired) electrons. The fourth-order valence-electron chi connectivity index (χ4n) is 5.85. The van der Waals surface area contributed by atoms with Gasteiger partial charge in [0.1, 0.15) is 11.5 Å². The Morgan fingerprint density at radius 1 is 1.06 bits per heavy atom. The van der Waals surface area contributed by atoms with Crippen LogP contribution in [0.5, 0.6) is 0 Å². The van der Waals surface area contributed by atoms with E-state index in [0.29, 0.717) is 11.5 Å². The van der Waals surface area contributed by atoms with E-state index in [1.807, 2.05) is 18.4 Å². The number of hydrogen-bond acceptors (Lipinski definition) is 6. The molecule has 5 nitrogen and oxygen atoms in total. The van der Waals surface area contributed by atoms with Gasteiger partial charge >= 0.3 is 5.97 Å². The molecule has 188 valence electrons. The van der Waals surface area contributed by atoms with Crippen LogP contribution >= 0.6 is 11.3 Å². The van der Waals surface area contributed by atoms with E-state index < -0.39 is 0 Å². The van der Waals surface area contributed by atoms with E-state index in [-0.39, 0.29) is 31.1 Å². The van der Waals surface area contributed by atoms with Gasteiger partial charge in [-0.05, 0) is 99.8 Å². The average Bonchev–Trinajstić information content (AvgIpc) is 3.36. The third-order valence-corrected chi connectivity index (χ3v) is 8.76. The predicted molar refractivity (Wildman–Crippen MR) is 132 cm³/mol. The van der Waals surface area contributed by atoms with Gasteiger partial charge in [0.05, 0.1) is 18.8 Å². The molecule has 2 aliphatic rings. The maximum atomic E-state index is 11.8. The number of thiophene rings is 1. The summed E-state index contributed by atoms with van der Waals surface area (Å²) in [6, 6.07) is 3.61. The first-order chi connectivity index (χ1) is 16.0. The molecule has 33 heavy (non-hydrogen) atoms. The number of aliphatic hydroxyl groups excluding tert-OH is 1. The Balaban J connectivity index is 1.30. The minimum absolute atomic E-state index is 0.0571. The largest absolute Gasteiger partial charge is 0.459 e. The molecule has 0 aliphatic heterocycles. The van der Waals surface area contributed by atoms with Gasteiger partial charge in [-0.3, -0.25) is 0 Å². The van der Waals surface area contributed by atoms with Crippen molar-refractivity contribution in [3.8, 4) is 0 Å². The standard InChI is InChI=1S/C27H44O5S/c1-4-21(18-19(2)22-7-11-24(28)12-8-22)23-9-13-25(14-10-23)32-20(3)30-15-16-31-27(29)26-6-5-17-33-26/h5-6,17,19-25,28H,4,7-16,18H2,1-3H3. The van der Waals surface area contributed by atoms with Crippen LogP contribution in [0.1, 0.15) is 94.7 Å². The summed E-state index contributed by atoms with van der Waals surface area (Å²) in [5.74, 6) is 2.88. The molecule has 2 fully saturated rings. The Morgan fingerprint density at radius 3 is 2.39 bits per heavy atom. The summed E-state index contributed by atoms with van der Waals surface area (Å²) in [6.07, 6.45) is 11.6. The molecule has 0 bridgehead atoms. The Bertz CT molecular complexity index is 662. The minimum atomic E-state index is -0.290. The number of rotatable bonds is 12. The van der Waals surface area contributed by atoms with E-state index in [4.69, 9.17) is 14.2 Å². The molecule has 0 aromatic carbocycles. The number of ether oxygens (including phenoxy) is 3. The Labute approximate surface area is 204 Å². The summed E-state index contributed by atoms with van der Waals surface area (Å²) in [7, 11) is 0. The summed E-state index contributed by atoms with van der Waals surface area (Å²) in [5, 5.41) is 11.7. The quantitative estimate of drug-likeness (QED) is 0.212. The monoisotopic (exact) mass is 480 g/mol. The minimum Gasteiger partial charge on any atom is -0.459 e. The van der Waals surface area contributed by atoms with E-state index in [2.05, 4.69) is 13.8 Å². The third kappa shape index (κ3) is 8.65. The van der Waals surface area contributed by atoms with E-state index in [0.717, 1.165) is 49.4 Å². The highest BCUT2D eigenvalue weighted by molar-refractivity contribution is 7.11. The van der Waals surface area contributed by atoms with Gasteiger partial charge in [-0.1, -0.05) is 26.3 Å². The van der Waals surface area contributed by atoms with Crippen molar-refractivity contribution in [2.24, 2.45) is 23.7 Å². The second-order valence-electron chi connectivity index (χ2n) is 10.2. The third-order valence-electron chi connectivity index (χ3n) is 7.91. The van der Waals surface area contributed by atoms with Crippen molar-refractivity contribution < 1.29 is 24.1 Å². The summed E-state index contributed by atoms with van der Waals surface area (Å²) in [5.41, 5.74) is 0. The lowest BCUT2D eigenvalue weighted by atomic mass is 9.70. The van der Waals surface area contributed by atoms with E-state index in [1.165, 1.54) is 49.9 Å². The lowest BCUT2D eigenvalue weighted by molar-refractivity contribution is -0.172. The molecule has 0 amide bonds. The summed E-state index contributed by atoms with van der Waals surface area (Å²) < 4.78 is 17.1. The van der Waals surface area contributed by atoms with Gasteiger partial charge in [-0.15, -0.1) is 11.3 Å². The Kier molecular flexibility index (Phi) is 11.2. The van der Waals surface area contributed by atoms with E-state index >= 15 is 0 Å². The van der Waals surface area contributed by atoms with Crippen LogP contribution in [-0.2, 0) is 14.2 Å². The van der Waals surface area contributed by atoms with Crippen molar-refractivity contribution >= 4 is 17.3 Å². The predicted octanol–water partition coefficient (Wildman–Crippen LogP) is 6.45. The first-order valence-corrected chi connectivity index (χ1v) is 14.0. The number of carbonyl (C=O) groups is 1. The second kappa shape index (κ2) is 13.8. The number of hydrogen-bond donors (Lipinski definition) is 1. The molecule has 3 atom stereocenters. The van der Waals surface area contributed by atoms with Crippen molar-refractivity contribution in [1.29, 1.82) is 0 Å². The van der Waals surface area contributed by atoms with Gasteiger partial charge in [-0.2, -0.15) is 0 Å². The summed E-state index contributed by atoms with van der Waals surface area (Å²) in [6.45, 7) is 7.32. The Hall–Kier alpha value is -0.950. The molecule has 1 aromatic heterocycles. The Morgan fingerprint density at radius 2 is 1.76 bits per heavy atom. The zero-order chi connectivity index (χ0) is 23.6. The molecule has 0 spiro atoms. The van der Waals surface area contributed by atoms with Gasteiger partial charge in [-0.25, -0.2) is 4.79 Å². The number of aliphatic hydroxyl groups is 1. The van der Waals surface area contributed by atoms with Crippen LogP contribution in [0.3, 0.4) is 0 Å². The SMILES string of the molecule is CCC(CC(C)C1CCC(O)CC1)C1CCC(OC(C)OCCOC(=O)c2cccs2)CC1. The molecule has 1 heterocycles. The van der Waals surface area contributed by atoms with Crippen LogP contribution in [0.25, 0.3) is 0 Å². The highest BCUT2D eigenvalue weighted by Crippen LogP contribution is 2.40. The average molecular weight is 481 g/mol. The zero-order valence-corrected chi connectivity index (χ0v) is 21.6. The summed E-state index contributed by atoms with van der Waals surface area (Å²) >= 11 is 1.38. The van der Waals surface area contributed by atoms with Crippen LogP contribution in [0.2, 0.25) is 0 Å². The maximum Gasteiger partial charge on any atom is 0.348 e. The number of esters is 1. The molecule has 2 aliphatic carbocycles. The fourth-order valence-corrected chi connectivity index (χ4v) is 6.47. The smallest absolute Gasteiger partial charge is 0.348 e. The lowest BCUT2D eigenvalue weighted by Gasteiger charge is -2.37. The van der Waals surface area contributed by atoms with Crippen LogP contribution in [0, 0.1) is 23.7 Å². The van der Waals surface area contributed by atoms with E-state index in [1.54, 1.807) is 6.07 Å². The second-order valence-corrected chi connectivity index (χ2v) is 11.1. The molecule has 2 saturated carbocycles. The molecule has 6 heteroatoms.